The van der Waals surface area contributed by atoms with Crippen molar-refractivity contribution < 1.29 is 8.42 Å². The average molecular weight is 255 g/mol. The molecule has 1 spiro atoms. The van der Waals surface area contributed by atoms with E-state index in [0.29, 0.717) is 11.5 Å². The first kappa shape index (κ1) is 10.8. The predicted octanol–water partition coefficient (Wildman–Crippen LogP) is 1.30. The highest BCUT2D eigenvalue weighted by molar-refractivity contribution is 7.92. The van der Waals surface area contributed by atoms with Gasteiger partial charge in [0.05, 0.1) is 11.5 Å². The molecule has 4 fully saturated rings. The van der Waals surface area contributed by atoms with Gasteiger partial charge in [-0.2, -0.15) is 0 Å². The van der Waals surface area contributed by atoms with Crippen LogP contribution in [0.4, 0.5) is 0 Å². The number of likely N-dealkylation sites (tertiary alicyclic amines) is 1. The molecule has 2 heterocycles. The smallest absolute Gasteiger partial charge is 0.151 e. The molecule has 4 aliphatic rings. The van der Waals surface area contributed by atoms with Gasteiger partial charge in [0.25, 0.3) is 0 Å². The summed E-state index contributed by atoms with van der Waals surface area (Å²) in [6.07, 6.45) is 6.79. The fraction of sp³-hybridized carbons (Fsp3) is 1.00. The highest BCUT2D eigenvalue weighted by Crippen LogP contribution is 2.52. The molecule has 3 nitrogen and oxygen atoms in total. The molecule has 4 rings (SSSR count). The topological polar surface area (TPSA) is 37.4 Å². The van der Waals surface area contributed by atoms with E-state index >= 15 is 0 Å². The summed E-state index contributed by atoms with van der Waals surface area (Å²) in [5, 5.41) is 0. The second-order valence-corrected chi connectivity index (χ2v) is 9.04. The first-order valence-corrected chi connectivity index (χ1v) is 8.82. The molecule has 0 aromatic rings. The number of sulfone groups is 1. The second kappa shape index (κ2) is 3.27. The number of fused-ring (bicyclic) bond motifs is 1. The van der Waals surface area contributed by atoms with Crippen molar-refractivity contribution in [2.45, 2.75) is 38.1 Å². The second-order valence-electron chi connectivity index (χ2n) is 6.98. The molecule has 0 radical (unpaired) electrons. The molecule has 2 saturated heterocycles. The van der Waals surface area contributed by atoms with Crippen LogP contribution >= 0.6 is 0 Å². The SMILES string of the molecule is O=S1(=O)CC2(CCN([C@@H]3CC[C@@H]4C[C@@H]4C3)C2)C1. The van der Waals surface area contributed by atoms with Crippen molar-refractivity contribution >= 4 is 9.84 Å². The zero-order valence-electron chi connectivity index (χ0n) is 10.3. The van der Waals surface area contributed by atoms with Crippen molar-refractivity contribution in [1.82, 2.24) is 4.90 Å². The Morgan fingerprint density at radius 1 is 1.06 bits per heavy atom. The normalized spacial score (nSPS) is 46.5. The molecular weight excluding hydrogens is 234 g/mol. The van der Waals surface area contributed by atoms with E-state index < -0.39 is 9.84 Å². The van der Waals surface area contributed by atoms with Gasteiger partial charge in [-0.05, 0) is 50.5 Å². The van der Waals surface area contributed by atoms with Crippen LogP contribution in [0.1, 0.15) is 32.1 Å². The van der Waals surface area contributed by atoms with Gasteiger partial charge in [-0.3, -0.25) is 4.90 Å². The van der Waals surface area contributed by atoms with Crippen LogP contribution in [0.15, 0.2) is 0 Å². The van der Waals surface area contributed by atoms with Crippen molar-refractivity contribution in [3.63, 3.8) is 0 Å². The van der Waals surface area contributed by atoms with Crippen molar-refractivity contribution in [2.75, 3.05) is 24.6 Å². The summed E-state index contributed by atoms with van der Waals surface area (Å²) in [7, 11) is -2.66. The van der Waals surface area contributed by atoms with Crippen LogP contribution in [0.2, 0.25) is 0 Å². The third-order valence-electron chi connectivity index (χ3n) is 5.55. The van der Waals surface area contributed by atoms with Crippen LogP contribution in [0.25, 0.3) is 0 Å². The molecule has 0 aromatic heterocycles. The summed E-state index contributed by atoms with van der Waals surface area (Å²) < 4.78 is 22.7. The number of hydrogen-bond donors (Lipinski definition) is 0. The van der Waals surface area contributed by atoms with E-state index in [9.17, 15) is 8.42 Å². The number of hydrogen-bond acceptors (Lipinski definition) is 3. The van der Waals surface area contributed by atoms with Crippen LogP contribution in [-0.4, -0.2) is 44.0 Å². The Labute approximate surface area is 103 Å². The van der Waals surface area contributed by atoms with Gasteiger partial charge < -0.3 is 0 Å². The van der Waals surface area contributed by atoms with E-state index in [0.717, 1.165) is 37.4 Å². The molecule has 2 aliphatic carbocycles. The average Bonchev–Trinajstić information content (AvgIpc) is 2.89. The van der Waals surface area contributed by atoms with Gasteiger partial charge in [0.2, 0.25) is 0 Å². The van der Waals surface area contributed by atoms with Crippen LogP contribution in [0.5, 0.6) is 0 Å². The quantitative estimate of drug-likeness (QED) is 0.708. The van der Waals surface area contributed by atoms with Crippen molar-refractivity contribution in [1.29, 1.82) is 0 Å². The Balaban J connectivity index is 1.41. The zero-order chi connectivity index (χ0) is 11.7. The highest BCUT2D eigenvalue weighted by Gasteiger charge is 2.54. The monoisotopic (exact) mass is 255 g/mol. The standard InChI is InChI=1S/C13H21NO2S/c15-17(16)8-13(9-17)3-4-14(7-13)12-2-1-10-5-11(10)6-12/h10-12H,1-9H2/t10-,11-,12-/m1/s1. The molecule has 96 valence electrons. The summed E-state index contributed by atoms with van der Waals surface area (Å²) in [4.78, 5) is 2.61. The van der Waals surface area contributed by atoms with Crippen molar-refractivity contribution in [2.24, 2.45) is 17.3 Å². The minimum absolute atomic E-state index is 0.166. The fourth-order valence-corrected chi connectivity index (χ4v) is 6.82. The molecule has 4 heteroatoms. The zero-order valence-corrected chi connectivity index (χ0v) is 11.1. The molecule has 2 saturated carbocycles. The highest BCUT2D eigenvalue weighted by atomic mass is 32.2. The van der Waals surface area contributed by atoms with Gasteiger partial charge in [-0.1, -0.05) is 0 Å². The van der Waals surface area contributed by atoms with Crippen LogP contribution in [0.3, 0.4) is 0 Å². The minimum Gasteiger partial charge on any atom is -0.300 e. The predicted molar refractivity (Wildman–Crippen MR) is 66.5 cm³/mol. The van der Waals surface area contributed by atoms with Crippen molar-refractivity contribution in [3.8, 4) is 0 Å². The van der Waals surface area contributed by atoms with E-state index in [2.05, 4.69) is 4.90 Å². The summed E-state index contributed by atoms with van der Waals surface area (Å²) >= 11 is 0. The van der Waals surface area contributed by atoms with Crippen LogP contribution in [-0.2, 0) is 9.84 Å². The number of nitrogens with zero attached hydrogens (tertiary/aromatic N) is 1. The molecular formula is C13H21NO2S. The van der Waals surface area contributed by atoms with Gasteiger partial charge in [0, 0.05) is 18.0 Å². The maximum Gasteiger partial charge on any atom is 0.151 e. The third kappa shape index (κ3) is 1.75. The number of rotatable bonds is 1. The Morgan fingerprint density at radius 2 is 1.88 bits per heavy atom. The lowest BCUT2D eigenvalue weighted by molar-refractivity contribution is 0.167. The van der Waals surface area contributed by atoms with Gasteiger partial charge in [0.1, 0.15) is 0 Å². The van der Waals surface area contributed by atoms with Gasteiger partial charge in [-0.15, -0.1) is 0 Å². The van der Waals surface area contributed by atoms with E-state index in [-0.39, 0.29) is 5.41 Å². The molecule has 0 N–H and O–H groups in total. The fourth-order valence-electron chi connectivity index (χ4n) is 4.57. The molecule has 17 heavy (non-hydrogen) atoms. The molecule has 0 aromatic carbocycles. The largest absolute Gasteiger partial charge is 0.300 e. The van der Waals surface area contributed by atoms with Gasteiger partial charge >= 0.3 is 0 Å². The molecule has 2 aliphatic heterocycles. The lowest BCUT2D eigenvalue weighted by Crippen LogP contribution is -2.51. The van der Waals surface area contributed by atoms with E-state index in [1.54, 1.807) is 0 Å². The summed E-state index contributed by atoms with van der Waals surface area (Å²) in [6, 6.07) is 0.779. The maximum absolute atomic E-state index is 11.4. The van der Waals surface area contributed by atoms with Crippen molar-refractivity contribution in [3.05, 3.63) is 0 Å². The summed E-state index contributed by atoms with van der Waals surface area (Å²) in [6.45, 7) is 2.21. The first-order valence-electron chi connectivity index (χ1n) is 7.00. The Morgan fingerprint density at radius 3 is 2.59 bits per heavy atom. The summed E-state index contributed by atoms with van der Waals surface area (Å²) in [5.41, 5.74) is 0.166. The Kier molecular flexibility index (Phi) is 2.07. The third-order valence-corrected chi connectivity index (χ3v) is 7.66. The first-order chi connectivity index (χ1) is 8.05. The van der Waals surface area contributed by atoms with E-state index in [1.807, 2.05) is 0 Å². The maximum atomic E-state index is 11.4. The van der Waals surface area contributed by atoms with Gasteiger partial charge in [0.15, 0.2) is 9.84 Å². The lowest BCUT2D eigenvalue weighted by Gasteiger charge is -2.39. The molecule has 0 amide bonds. The lowest BCUT2D eigenvalue weighted by atomic mass is 9.90. The summed E-state index contributed by atoms with van der Waals surface area (Å²) in [5.74, 6) is 3.02. The minimum atomic E-state index is -2.66. The Hall–Kier alpha value is -0.0900. The van der Waals surface area contributed by atoms with E-state index in [1.165, 1.54) is 25.7 Å². The molecule has 0 bridgehead atoms. The molecule has 3 atom stereocenters. The van der Waals surface area contributed by atoms with E-state index in [4.69, 9.17) is 0 Å². The van der Waals surface area contributed by atoms with Crippen LogP contribution < -0.4 is 0 Å². The Bertz CT molecular complexity index is 432. The van der Waals surface area contributed by atoms with Crippen LogP contribution in [0, 0.1) is 17.3 Å². The molecule has 0 unspecified atom stereocenters. The van der Waals surface area contributed by atoms with Gasteiger partial charge in [-0.25, -0.2) is 8.42 Å².